The fourth-order valence-electron chi connectivity index (χ4n) is 3.50. The average Bonchev–Trinajstić information content (AvgIpc) is 2.66. The molecular weight excluding hydrogens is 338 g/mol. The topological polar surface area (TPSA) is 0 Å². The van der Waals surface area contributed by atoms with Gasteiger partial charge in [0.05, 0.1) is 0 Å². The highest BCUT2D eigenvalue weighted by molar-refractivity contribution is 6.65. The van der Waals surface area contributed by atoms with Crippen LogP contribution in [0.2, 0.25) is 0 Å². The minimum absolute atomic E-state index is 0.185. The summed E-state index contributed by atoms with van der Waals surface area (Å²) in [5.74, 6) is 0. The highest BCUT2D eigenvalue weighted by Gasteiger charge is 2.29. The number of fused-ring (bicyclic) bond motifs is 2. The van der Waals surface area contributed by atoms with E-state index >= 15 is 0 Å². The molecule has 0 aliphatic heterocycles. The third-order valence-corrected chi connectivity index (χ3v) is 4.64. The molecule has 126 valence electrons. The Morgan fingerprint density at radius 3 is 1.23 bits per heavy atom. The Balaban J connectivity index is 2.23. The predicted molar refractivity (Wildman–Crippen MR) is 102 cm³/mol. The van der Waals surface area contributed by atoms with Gasteiger partial charge >= 0.3 is 14.5 Å². The van der Waals surface area contributed by atoms with Crippen LogP contribution in [0.25, 0.3) is 32.7 Å². The summed E-state index contributed by atoms with van der Waals surface area (Å²) in [5.41, 5.74) is -0.0979. The van der Waals surface area contributed by atoms with Crippen molar-refractivity contribution in [3.05, 3.63) is 72.8 Å². The summed E-state index contributed by atoms with van der Waals surface area (Å²) >= 11 is 0. The first-order chi connectivity index (χ1) is 12.6. The van der Waals surface area contributed by atoms with E-state index in [1.165, 1.54) is 12.1 Å². The van der Waals surface area contributed by atoms with E-state index in [-0.39, 0.29) is 22.1 Å². The van der Waals surface area contributed by atoms with Gasteiger partial charge in [-0.3, -0.25) is 17.3 Å². The second-order valence-corrected chi connectivity index (χ2v) is 6.10. The molecule has 4 aromatic rings. The molecule has 6 heteroatoms. The van der Waals surface area contributed by atoms with E-state index in [2.05, 4.69) is 0 Å². The van der Waals surface area contributed by atoms with Gasteiger partial charge in [-0.25, -0.2) is 0 Å². The second-order valence-electron chi connectivity index (χ2n) is 6.10. The Labute approximate surface area is 148 Å². The summed E-state index contributed by atoms with van der Waals surface area (Å²) in [4.78, 5) is 0. The molecule has 0 atom stereocenters. The van der Waals surface area contributed by atoms with Gasteiger partial charge in [-0.15, -0.1) is 0 Å². The van der Waals surface area contributed by atoms with E-state index in [4.69, 9.17) is 0 Å². The van der Waals surface area contributed by atoms with Crippen molar-refractivity contribution in [2.24, 2.45) is 0 Å². The summed E-state index contributed by atoms with van der Waals surface area (Å²) in [6.07, 6.45) is 0. The maximum absolute atomic E-state index is 13.8. The third-order valence-electron chi connectivity index (χ3n) is 4.64. The van der Waals surface area contributed by atoms with Crippen molar-refractivity contribution in [2.75, 3.05) is 0 Å². The van der Waals surface area contributed by atoms with Gasteiger partial charge in [-0.2, -0.15) is 0 Å². The lowest BCUT2D eigenvalue weighted by atomic mass is 9.71. The van der Waals surface area contributed by atoms with Crippen LogP contribution >= 0.6 is 0 Å². The molecule has 4 rings (SSSR count). The van der Waals surface area contributed by atoms with Gasteiger partial charge in [0.2, 0.25) is 0 Å². The lowest BCUT2D eigenvalue weighted by Gasteiger charge is -2.17. The number of rotatable bonds is 3. The zero-order valence-corrected chi connectivity index (χ0v) is 13.6. The Morgan fingerprint density at radius 2 is 0.846 bits per heavy atom. The quantitative estimate of drug-likeness (QED) is 0.363. The van der Waals surface area contributed by atoms with E-state index in [1.54, 1.807) is 60.7 Å². The van der Waals surface area contributed by atoms with Crippen LogP contribution in [0.1, 0.15) is 0 Å². The van der Waals surface area contributed by atoms with Gasteiger partial charge in [0.1, 0.15) is 0 Å². The first-order valence-corrected chi connectivity index (χ1v) is 8.18. The van der Waals surface area contributed by atoms with Crippen LogP contribution in [-0.4, -0.2) is 14.5 Å². The van der Waals surface area contributed by atoms with Crippen LogP contribution < -0.4 is 10.9 Å². The highest BCUT2D eigenvalue weighted by Crippen LogP contribution is 2.33. The molecule has 4 aromatic carbocycles. The van der Waals surface area contributed by atoms with Crippen LogP contribution in [0.3, 0.4) is 0 Å². The first kappa shape index (κ1) is 16.7. The van der Waals surface area contributed by atoms with Crippen molar-refractivity contribution in [1.82, 2.24) is 0 Å². The van der Waals surface area contributed by atoms with Crippen molar-refractivity contribution >= 4 is 47.0 Å². The van der Waals surface area contributed by atoms with Crippen molar-refractivity contribution in [3.8, 4) is 11.1 Å². The van der Waals surface area contributed by atoms with Crippen LogP contribution in [0.4, 0.5) is 17.3 Å². The minimum Gasteiger partial charge on any atom is -0.281 e. The lowest BCUT2D eigenvalue weighted by molar-refractivity contribution is 0.683. The average molecular weight is 350 g/mol. The van der Waals surface area contributed by atoms with Crippen molar-refractivity contribution in [2.45, 2.75) is 0 Å². The second kappa shape index (κ2) is 6.52. The molecule has 0 N–H and O–H groups in total. The molecule has 0 saturated carbocycles. The normalized spacial score (nSPS) is 11.1. The first-order valence-electron chi connectivity index (χ1n) is 8.18. The smallest absolute Gasteiger partial charge is 0.281 e. The Hall–Kier alpha value is -2.75. The van der Waals surface area contributed by atoms with Gasteiger partial charge in [-0.1, -0.05) is 72.8 Å². The van der Waals surface area contributed by atoms with Gasteiger partial charge in [-0.05, 0) is 43.6 Å². The van der Waals surface area contributed by atoms with E-state index < -0.39 is 14.5 Å². The van der Waals surface area contributed by atoms with E-state index in [1.807, 2.05) is 0 Å². The third kappa shape index (κ3) is 2.66. The molecule has 26 heavy (non-hydrogen) atoms. The maximum Gasteiger partial charge on any atom is 0.572 e. The molecule has 0 spiro atoms. The highest BCUT2D eigenvalue weighted by atomic mass is 19.2. The molecule has 0 fully saturated rings. The standard InChI is InChI=1S/C20H12B2F4/c23-21(24)17-11-9-13-5-1-3-7-15(13)19(17)20-16-8-4-2-6-14(16)10-12-18(20)22(25)26/h1-12H. The van der Waals surface area contributed by atoms with Crippen LogP contribution in [0.15, 0.2) is 72.8 Å². The summed E-state index contributed by atoms with van der Waals surface area (Å²) in [5, 5.41) is 2.56. The molecule has 0 amide bonds. The molecule has 0 aromatic heterocycles. The summed E-state index contributed by atoms with van der Waals surface area (Å²) in [7, 11) is -5.53. The Kier molecular flexibility index (Phi) is 4.19. The lowest BCUT2D eigenvalue weighted by Crippen LogP contribution is -2.29. The van der Waals surface area contributed by atoms with Crippen molar-refractivity contribution in [3.63, 3.8) is 0 Å². The zero-order valence-electron chi connectivity index (χ0n) is 13.6. The Bertz CT molecular complexity index is 1020. The summed E-state index contributed by atoms with van der Waals surface area (Å²) < 4.78 is 55.1. The maximum atomic E-state index is 13.8. The van der Waals surface area contributed by atoms with Gasteiger partial charge in [0.15, 0.2) is 0 Å². The fourth-order valence-corrected chi connectivity index (χ4v) is 3.50. The number of halogens is 4. The minimum atomic E-state index is -2.76. The van der Waals surface area contributed by atoms with Crippen molar-refractivity contribution in [1.29, 1.82) is 0 Å². The van der Waals surface area contributed by atoms with E-state index in [9.17, 15) is 17.3 Å². The zero-order chi connectivity index (χ0) is 18.3. The number of hydrogen-bond acceptors (Lipinski definition) is 0. The molecule has 0 heterocycles. The molecule has 0 bridgehead atoms. The number of hydrogen-bond donors (Lipinski definition) is 0. The van der Waals surface area contributed by atoms with E-state index in [0.29, 0.717) is 10.8 Å². The van der Waals surface area contributed by atoms with Gasteiger partial charge in [0, 0.05) is 0 Å². The summed E-state index contributed by atoms with van der Waals surface area (Å²) in [6, 6.07) is 19.9. The fraction of sp³-hybridized carbons (Fsp3) is 0. The SMILES string of the molecule is FB(F)c1ccc2ccccc2c1-c1c(B(F)F)ccc2ccccc12. The van der Waals surface area contributed by atoms with Gasteiger partial charge < -0.3 is 0 Å². The molecule has 0 unspecified atom stereocenters. The van der Waals surface area contributed by atoms with Crippen LogP contribution in [0.5, 0.6) is 0 Å². The van der Waals surface area contributed by atoms with Crippen LogP contribution in [0, 0.1) is 0 Å². The molecule has 0 aliphatic rings. The van der Waals surface area contributed by atoms with Crippen LogP contribution in [-0.2, 0) is 0 Å². The Morgan fingerprint density at radius 1 is 0.462 bits per heavy atom. The predicted octanol–water partition coefficient (Wildman–Crippen LogP) is 4.93. The van der Waals surface area contributed by atoms with E-state index in [0.717, 1.165) is 10.8 Å². The summed E-state index contributed by atoms with van der Waals surface area (Å²) in [6.45, 7) is 0. The molecule has 0 saturated heterocycles. The van der Waals surface area contributed by atoms with Crippen molar-refractivity contribution < 1.29 is 17.3 Å². The molecular formula is C20H12B2F4. The van der Waals surface area contributed by atoms with Gasteiger partial charge in [0.25, 0.3) is 0 Å². The monoisotopic (exact) mass is 350 g/mol. The molecule has 0 radical (unpaired) electrons. The number of benzene rings is 4. The molecule has 0 aliphatic carbocycles. The molecule has 0 nitrogen and oxygen atoms in total. The largest absolute Gasteiger partial charge is 0.572 e.